The largest absolute Gasteiger partial charge is 0.494 e. The zero-order chi connectivity index (χ0) is 17.2. The topological polar surface area (TPSA) is 75.6 Å². The summed E-state index contributed by atoms with van der Waals surface area (Å²) in [5.41, 5.74) is 0.431. The fourth-order valence-electron chi connectivity index (χ4n) is 2.18. The molecule has 0 radical (unpaired) electrons. The van der Waals surface area contributed by atoms with Crippen LogP contribution in [0, 0.1) is 5.92 Å². The molecule has 0 aliphatic carbocycles. The van der Waals surface area contributed by atoms with E-state index in [9.17, 15) is 9.59 Å². The van der Waals surface area contributed by atoms with Crippen molar-refractivity contribution in [1.29, 1.82) is 0 Å². The third kappa shape index (κ3) is 7.17. The molecule has 23 heavy (non-hydrogen) atoms. The highest BCUT2D eigenvalue weighted by molar-refractivity contribution is 5.96. The van der Waals surface area contributed by atoms with Crippen LogP contribution < -0.4 is 10.1 Å². The number of hydrogen-bond donors (Lipinski definition) is 2. The predicted octanol–water partition coefficient (Wildman–Crippen LogP) is 3.48. The van der Waals surface area contributed by atoms with Gasteiger partial charge in [0.15, 0.2) is 0 Å². The molecule has 1 unspecified atom stereocenters. The fraction of sp³-hybridized carbons (Fsp3) is 0.556. The van der Waals surface area contributed by atoms with Crippen molar-refractivity contribution in [2.75, 3.05) is 6.61 Å². The summed E-state index contributed by atoms with van der Waals surface area (Å²) in [5.74, 6) is -0.483. The van der Waals surface area contributed by atoms with Gasteiger partial charge in [0.25, 0.3) is 5.91 Å². The van der Waals surface area contributed by atoms with Crippen LogP contribution in [0.1, 0.15) is 56.8 Å². The second kappa shape index (κ2) is 9.87. The highest BCUT2D eigenvalue weighted by Crippen LogP contribution is 2.14. The molecule has 1 aromatic rings. The third-order valence-electron chi connectivity index (χ3n) is 3.44. The molecule has 1 atom stereocenters. The van der Waals surface area contributed by atoms with E-state index in [0.29, 0.717) is 18.6 Å². The number of carboxylic acid groups (broad SMARTS) is 1. The minimum atomic E-state index is -1.01. The minimum absolute atomic E-state index is 0.190. The number of rotatable bonds is 10. The average Bonchev–Trinajstić information content (AvgIpc) is 2.51. The number of unbranched alkanes of at least 4 members (excludes halogenated alkanes) is 2. The van der Waals surface area contributed by atoms with E-state index in [0.717, 1.165) is 25.0 Å². The quantitative estimate of drug-likeness (QED) is 0.647. The van der Waals surface area contributed by atoms with Crippen LogP contribution in [0.3, 0.4) is 0 Å². The van der Waals surface area contributed by atoms with Gasteiger partial charge in [-0.2, -0.15) is 0 Å². The van der Waals surface area contributed by atoms with E-state index in [1.807, 2.05) is 13.8 Å². The van der Waals surface area contributed by atoms with Gasteiger partial charge < -0.3 is 15.2 Å². The zero-order valence-corrected chi connectivity index (χ0v) is 14.2. The average molecular weight is 321 g/mol. The van der Waals surface area contributed by atoms with Crippen molar-refractivity contribution in [2.45, 2.75) is 52.5 Å². The van der Waals surface area contributed by atoms with E-state index >= 15 is 0 Å². The predicted molar refractivity (Wildman–Crippen MR) is 89.8 cm³/mol. The molecule has 0 aliphatic rings. The molecule has 0 fully saturated rings. The Bertz CT molecular complexity index is 496. The van der Waals surface area contributed by atoms with Gasteiger partial charge in [0.05, 0.1) is 6.61 Å². The van der Waals surface area contributed by atoms with Crippen LogP contribution in [0.15, 0.2) is 24.3 Å². The van der Waals surface area contributed by atoms with Crippen molar-refractivity contribution in [3.8, 4) is 5.75 Å². The molecular weight excluding hydrogens is 294 g/mol. The number of carbonyl (C=O) groups excluding carboxylic acids is 1. The molecule has 0 spiro atoms. The monoisotopic (exact) mass is 321 g/mol. The van der Waals surface area contributed by atoms with Gasteiger partial charge in [-0.1, -0.05) is 33.6 Å². The lowest BCUT2D eigenvalue weighted by atomic mass is 10.0. The van der Waals surface area contributed by atoms with Gasteiger partial charge in [-0.25, -0.2) is 4.79 Å². The lowest BCUT2D eigenvalue weighted by Gasteiger charge is -2.16. The van der Waals surface area contributed by atoms with Gasteiger partial charge in [0, 0.05) is 5.56 Å². The first-order chi connectivity index (χ1) is 10.9. The number of nitrogens with one attached hydrogen (secondary N) is 1. The summed E-state index contributed by atoms with van der Waals surface area (Å²) in [6, 6.07) is 5.91. The molecule has 5 nitrogen and oxygen atoms in total. The smallest absolute Gasteiger partial charge is 0.326 e. The Morgan fingerprint density at radius 2 is 1.83 bits per heavy atom. The second-order valence-electron chi connectivity index (χ2n) is 6.07. The van der Waals surface area contributed by atoms with E-state index in [1.165, 1.54) is 0 Å². The third-order valence-corrected chi connectivity index (χ3v) is 3.44. The molecule has 1 aromatic carbocycles. The fourth-order valence-corrected chi connectivity index (χ4v) is 2.18. The Morgan fingerprint density at radius 3 is 2.35 bits per heavy atom. The summed E-state index contributed by atoms with van der Waals surface area (Å²) < 4.78 is 5.59. The van der Waals surface area contributed by atoms with Crippen molar-refractivity contribution in [3.05, 3.63) is 29.8 Å². The van der Waals surface area contributed by atoms with Crippen molar-refractivity contribution in [1.82, 2.24) is 5.32 Å². The Labute approximate surface area is 138 Å². The lowest BCUT2D eigenvalue weighted by molar-refractivity contribution is -0.139. The molecular formula is C18H27NO4. The van der Waals surface area contributed by atoms with Crippen LogP contribution in [-0.4, -0.2) is 29.6 Å². The highest BCUT2D eigenvalue weighted by Gasteiger charge is 2.21. The summed E-state index contributed by atoms with van der Waals surface area (Å²) in [4.78, 5) is 23.3. The maximum atomic E-state index is 12.1. The van der Waals surface area contributed by atoms with Crippen molar-refractivity contribution < 1.29 is 19.4 Å². The SMILES string of the molecule is CCCCCOc1ccc(C(=O)NC(CC(C)C)C(=O)O)cc1. The molecule has 1 amide bonds. The Kier molecular flexibility index (Phi) is 8.16. The van der Waals surface area contributed by atoms with E-state index in [-0.39, 0.29) is 11.8 Å². The first kappa shape index (κ1) is 19.0. The van der Waals surface area contributed by atoms with Crippen LogP contribution in [0.5, 0.6) is 5.75 Å². The van der Waals surface area contributed by atoms with Crippen molar-refractivity contribution >= 4 is 11.9 Å². The van der Waals surface area contributed by atoms with E-state index in [1.54, 1.807) is 24.3 Å². The van der Waals surface area contributed by atoms with Gasteiger partial charge in [-0.15, -0.1) is 0 Å². The number of carboxylic acids is 1. The maximum Gasteiger partial charge on any atom is 0.326 e. The number of amides is 1. The Morgan fingerprint density at radius 1 is 1.17 bits per heavy atom. The summed E-state index contributed by atoms with van der Waals surface area (Å²) in [6.07, 6.45) is 3.68. The molecule has 0 saturated carbocycles. The summed E-state index contributed by atoms with van der Waals surface area (Å²) >= 11 is 0. The van der Waals surface area contributed by atoms with Crippen molar-refractivity contribution in [2.24, 2.45) is 5.92 Å². The molecule has 0 aromatic heterocycles. The molecule has 1 rings (SSSR count). The minimum Gasteiger partial charge on any atom is -0.494 e. The van der Waals surface area contributed by atoms with Gasteiger partial charge in [-0.05, 0) is 43.0 Å². The second-order valence-corrected chi connectivity index (χ2v) is 6.07. The molecule has 0 bridgehead atoms. The lowest BCUT2D eigenvalue weighted by Crippen LogP contribution is -2.41. The van der Waals surface area contributed by atoms with Gasteiger partial charge in [0.1, 0.15) is 11.8 Å². The summed E-state index contributed by atoms with van der Waals surface area (Å²) in [5, 5.41) is 11.7. The number of carbonyl (C=O) groups is 2. The number of aliphatic carboxylic acids is 1. The molecule has 2 N–H and O–H groups in total. The first-order valence-corrected chi connectivity index (χ1v) is 8.20. The maximum absolute atomic E-state index is 12.1. The van der Waals surface area contributed by atoms with Crippen LogP contribution in [0.4, 0.5) is 0 Å². The van der Waals surface area contributed by atoms with E-state index in [2.05, 4.69) is 12.2 Å². The van der Waals surface area contributed by atoms with Crippen LogP contribution in [0.25, 0.3) is 0 Å². The van der Waals surface area contributed by atoms with E-state index in [4.69, 9.17) is 9.84 Å². The van der Waals surface area contributed by atoms with Gasteiger partial charge >= 0.3 is 5.97 Å². The first-order valence-electron chi connectivity index (χ1n) is 8.20. The highest BCUT2D eigenvalue weighted by atomic mass is 16.5. The molecule has 0 aliphatic heterocycles. The zero-order valence-electron chi connectivity index (χ0n) is 14.2. The van der Waals surface area contributed by atoms with E-state index < -0.39 is 12.0 Å². The number of benzene rings is 1. The van der Waals surface area contributed by atoms with Crippen LogP contribution >= 0.6 is 0 Å². The molecule has 0 heterocycles. The van der Waals surface area contributed by atoms with Crippen molar-refractivity contribution in [3.63, 3.8) is 0 Å². The number of ether oxygens (including phenoxy) is 1. The summed E-state index contributed by atoms with van der Waals surface area (Å²) in [6.45, 7) is 6.64. The molecule has 5 heteroatoms. The van der Waals surface area contributed by atoms with Crippen LogP contribution in [-0.2, 0) is 4.79 Å². The standard InChI is InChI=1S/C18H27NO4/c1-4-5-6-11-23-15-9-7-14(8-10-15)17(20)19-16(18(21)22)12-13(2)3/h7-10,13,16H,4-6,11-12H2,1-3H3,(H,19,20)(H,21,22). The van der Waals surface area contributed by atoms with Gasteiger partial charge in [0.2, 0.25) is 0 Å². The Hall–Kier alpha value is -2.04. The normalized spacial score (nSPS) is 12.0. The molecule has 128 valence electrons. The summed E-state index contributed by atoms with van der Waals surface area (Å²) in [7, 11) is 0. The Balaban J connectivity index is 2.57. The molecule has 0 saturated heterocycles. The van der Waals surface area contributed by atoms with Crippen LogP contribution in [0.2, 0.25) is 0 Å². The van der Waals surface area contributed by atoms with Gasteiger partial charge in [-0.3, -0.25) is 4.79 Å². The number of hydrogen-bond acceptors (Lipinski definition) is 3.